The Balaban J connectivity index is 3.35. The van der Waals surface area contributed by atoms with Gasteiger partial charge in [-0.1, -0.05) is 154 Å². The second-order valence-corrected chi connectivity index (χ2v) is 13.4. The number of hydrogen-bond donors (Lipinski definition) is 2. The Morgan fingerprint density at radius 2 is 0.641 bits per heavy atom. The summed E-state index contributed by atoms with van der Waals surface area (Å²) in [5.41, 5.74) is 12.7. The molecule has 3 heteroatoms. The van der Waals surface area contributed by atoms with Gasteiger partial charge in [-0.15, -0.1) is 11.8 Å². The molecule has 0 spiro atoms. The monoisotopic (exact) mass is 565 g/mol. The molecule has 232 valence electrons. The summed E-state index contributed by atoms with van der Waals surface area (Å²) >= 11 is 1.81. The van der Waals surface area contributed by atoms with E-state index in [9.17, 15) is 0 Å². The molecule has 0 fully saturated rings. The zero-order valence-electron chi connectivity index (χ0n) is 26.8. The van der Waals surface area contributed by atoms with Crippen molar-refractivity contribution in [3.05, 3.63) is 24.3 Å². The Labute approximate surface area is 251 Å². The molecule has 0 aromatic heterocycles. The fourth-order valence-electron chi connectivity index (χ4n) is 5.19. The van der Waals surface area contributed by atoms with Crippen LogP contribution in [-0.4, -0.2) is 10.7 Å². The molecular weight excluding hydrogens is 492 g/mol. The van der Waals surface area contributed by atoms with Crippen LogP contribution in [0.3, 0.4) is 0 Å². The lowest BCUT2D eigenvalue weighted by molar-refractivity contribution is 0.582. The van der Waals surface area contributed by atoms with E-state index in [0.29, 0.717) is 0 Å². The Kier molecular flexibility index (Phi) is 33.7. The lowest BCUT2D eigenvalue weighted by Crippen LogP contribution is -2.25. The number of hydrogen-bond acceptors (Lipinski definition) is 3. The maximum absolute atomic E-state index is 6.35. The summed E-state index contributed by atoms with van der Waals surface area (Å²) in [6, 6.07) is 0. The van der Waals surface area contributed by atoms with Gasteiger partial charge in [0.15, 0.2) is 0 Å². The van der Waals surface area contributed by atoms with Crippen LogP contribution in [0, 0.1) is 0 Å². The zero-order valence-corrected chi connectivity index (χ0v) is 27.6. The minimum Gasteiger partial charge on any atom is -0.319 e. The predicted molar refractivity (Wildman–Crippen MR) is 182 cm³/mol. The molecule has 2 atom stereocenters. The van der Waals surface area contributed by atoms with Crippen molar-refractivity contribution in [2.45, 2.75) is 204 Å². The number of thioether (sulfide) groups is 1. The van der Waals surface area contributed by atoms with Crippen molar-refractivity contribution < 1.29 is 0 Å². The quantitative estimate of drug-likeness (QED) is 0.0485. The first-order valence-corrected chi connectivity index (χ1v) is 18.6. The maximum atomic E-state index is 6.35. The highest BCUT2D eigenvalue weighted by atomic mass is 32.2. The molecule has 0 rings (SSSR count). The van der Waals surface area contributed by atoms with E-state index in [1.807, 2.05) is 11.8 Å². The van der Waals surface area contributed by atoms with Crippen LogP contribution in [0.1, 0.15) is 194 Å². The molecule has 0 aliphatic carbocycles. The van der Waals surface area contributed by atoms with E-state index in [2.05, 4.69) is 38.2 Å². The molecule has 0 aromatic rings. The minimum absolute atomic E-state index is 0.216. The highest BCUT2D eigenvalue weighted by Crippen LogP contribution is 2.21. The zero-order chi connectivity index (χ0) is 28.5. The third kappa shape index (κ3) is 33.9. The Morgan fingerprint density at radius 3 is 0.949 bits per heavy atom. The van der Waals surface area contributed by atoms with Crippen LogP contribution in [0.5, 0.6) is 0 Å². The highest BCUT2D eigenvalue weighted by Gasteiger charge is 2.09. The number of unbranched alkanes of at least 4 members (excludes halogenated alkanes) is 22. The number of allylic oxidation sites excluding steroid dienone is 4. The first-order valence-electron chi connectivity index (χ1n) is 17.7. The van der Waals surface area contributed by atoms with Crippen molar-refractivity contribution in [2.75, 3.05) is 0 Å². The van der Waals surface area contributed by atoms with Gasteiger partial charge < -0.3 is 11.5 Å². The van der Waals surface area contributed by atoms with Crippen molar-refractivity contribution in [3.63, 3.8) is 0 Å². The summed E-state index contributed by atoms with van der Waals surface area (Å²) in [5, 5.41) is 0.432. The van der Waals surface area contributed by atoms with Crippen molar-refractivity contribution >= 4 is 11.8 Å². The highest BCUT2D eigenvalue weighted by molar-refractivity contribution is 8.00. The van der Waals surface area contributed by atoms with Crippen LogP contribution in [0.15, 0.2) is 24.3 Å². The fourth-order valence-corrected chi connectivity index (χ4v) is 6.25. The van der Waals surface area contributed by atoms with Gasteiger partial charge in [0.1, 0.15) is 0 Å². The molecule has 39 heavy (non-hydrogen) atoms. The summed E-state index contributed by atoms with van der Waals surface area (Å²) in [5.74, 6) is 0. The van der Waals surface area contributed by atoms with Crippen molar-refractivity contribution in [1.82, 2.24) is 0 Å². The van der Waals surface area contributed by atoms with E-state index in [-0.39, 0.29) is 10.7 Å². The Hall–Kier alpha value is -0.250. The molecular formula is C36H72N2S. The van der Waals surface area contributed by atoms with Gasteiger partial charge in [0.05, 0.1) is 10.7 Å². The molecule has 0 aromatic carbocycles. The molecule has 0 aliphatic heterocycles. The van der Waals surface area contributed by atoms with E-state index in [0.717, 1.165) is 12.8 Å². The molecule has 0 saturated carbocycles. The summed E-state index contributed by atoms with van der Waals surface area (Å²) in [6.45, 7) is 4.57. The molecule has 4 N–H and O–H groups in total. The minimum atomic E-state index is 0.216. The smallest absolute Gasteiger partial charge is 0.0522 e. The average molecular weight is 565 g/mol. The largest absolute Gasteiger partial charge is 0.319 e. The summed E-state index contributed by atoms with van der Waals surface area (Å²) in [7, 11) is 0. The predicted octanol–water partition coefficient (Wildman–Crippen LogP) is 12.4. The maximum Gasteiger partial charge on any atom is 0.0522 e. The lowest BCUT2D eigenvalue weighted by atomic mass is 10.1. The van der Waals surface area contributed by atoms with Crippen molar-refractivity contribution in [2.24, 2.45) is 11.5 Å². The van der Waals surface area contributed by atoms with Gasteiger partial charge in [-0.2, -0.15) is 0 Å². The third-order valence-corrected chi connectivity index (χ3v) is 9.02. The molecule has 0 bridgehead atoms. The second-order valence-electron chi connectivity index (χ2n) is 12.0. The van der Waals surface area contributed by atoms with Gasteiger partial charge in [0.2, 0.25) is 0 Å². The number of nitrogens with two attached hydrogens (primary N) is 2. The van der Waals surface area contributed by atoms with E-state index >= 15 is 0 Å². The van der Waals surface area contributed by atoms with Crippen LogP contribution in [0.25, 0.3) is 0 Å². The first kappa shape index (κ1) is 38.8. The first-order chi connectivity index (χ1) is 19.2. The van der Waals surface area contributed by atoms with Gasteiger partial charge >= 0.3 is 0 Å². The van der Waals surface area contributed by atoms with E-state index in [1.54, 1.807) is 0 Å². The van der Waals surface area contributed by atoms with Crippen molar-refractivity contribution in [3.8, 4) is 0 Å². The standard InChI is InChI=1S/C36H72N2S/c1-3-5-7-9-11-13-15-17-19-21-23-25-27-29-31-33-35(37)39-36(38)34-32-30-28-26-24-22-20-18-16-14-12-10-8-6-4-2/h17-20,35-36H,3-16,21-34,37-38H2,1-2H3/b19-17-,20-18-. The van der Waals surface area contributed by atoms with E-state index in [4.69, 9.17) is 11.5 Å². The van der Waals surface area contributed by atoms with Gasteiger partial charge in [-0.25, -0.2) is 0 Å². The van der Waals surface area contributed by atoms with Gasteiger partial charge in [0, 0.05) is 0 Å². The van der Waals surface area contributed by atoms with Gasteiger partial charge in [0.25, 0.3) is 0 Å². The molecule has 0 amide bonds. The van der Waals surface area contributed by atoms with Crippen LogP contribution >= 0.6 is 11.8 Å². The molecule has 0 radical (unpaired) electrons. The topological polar surface area (TPSA) is 52.0 Å². The lowest BCUT2D eigenvalue weighted by Gasteiger charge is -2.17. The van der Waals surface area contributed by atoms with Gasteiger partial charge in [-0.3, -0.25) is 0 Å². The summed E-state index contributed by atoms with van der Waals surface area (Å²) in [4.78, 5) is 0. The normalized spacial score (nSPS) is 13.6. The van der Waals surface area contributed by atoms with E-state index < -0.39 is 0 Å². The molecule has 2 unspecified atom stereocenters. The Bertz CT molecular complexity index is 460. The number of rotatable bonds is 32. The van der Waals surface area contributed by atoms with Crippen LogP contribution < -0.4 is 11.5 Å². The van der Waals surface area contributed by atoms with Crippen LogP contribution in [0.4, 0.5) is 0 Å². The SMILES string of the molecule is CCCCCCCC/C=C\CCCCCCCC(N)SC(N)CCCCCCC/C=C\CCCCCCCC. The van der Waals surface area contributed by atoms with Crippen molar-refractivity contribution in [1.29, 1.82) is 0 Å². The summed E-state index contributed by atoms with van der Waals surface area (Å²) < 4.78 is 0. The van der Waals surface area contributed by atoms with Crippen LogP contribution in [-0.2, 0) is 0 Å². The fraction of sp³-hybridized carbons (Fsp3) is 0.889. The molecule has 0 heterocycles. The second kappa shape index (κ2) is 34.0. The molecule has 0 aliphatic rings. The Morgan fingerprint density at radius 1 is 0.385 bits per heavy atom. The van der Waals surface area contributed by atoms with E-state index in [1.165, 1.54) is 167 Å². The molecule has 0 saturated heterocycles. The van der Waals surface area contributed by atoms with Gasteiger partial charge in [-0.05, 0) is 64.2 Å². The van der Waals surface area contributed by atoms with Crippen LogP contribution in [0.2, 0.25) is 0 Å². The third-order valence-electron chi connectivity index (χ3n) is 7.85. The molecule has 2 nitrogen and oxygen atoms in total. The summed E-state index contributed by atoms with van der Waals surface area (Å²) in [6.07, 6.45) is 47.0. The average Bonchev–Trinajstić information content (AvgIpc) is 2.93.